The molecule has 22 heavy (non-hydrogen) atoms. The number of halogens is 1. The Hall–Kier alpha value is -2.34. The molecule has 3 rings (SSSR count). The third-order valence-electron chi connectivity index (χ3n) is 3.14. The van der Waals surface area contributed by atoms with Crippen molar-refractivity contribution in [2.75, 3.05) is 19.0 Å². The van der Waals surface area contributed by atoms with Crippen molar-refractivity contribution in [2.45, 2.75) is 6.92 Å². The zero-order valence-corrected chi connectivity index (χ0v) is 13.4. The Morgan fingerprint density at radius 2 is 1.95 bits per heavy atom. The van der Waals surface area contributed by atoms with Crippen LogP contribution in [0.1, 0.15) is 5.69 Å². The monoisotopic (exact) mass is 314 g/mol. The smallest absolute Gasteiger partial charge is 0.185 e. The van der Waals surface area contributed by atoms with Crippen molar-refractivity contribution in [3.63, 3.8) is 0 Å². The molecule has 0 fully saturated rings. The second kappa shape index (κ2) is 5.81. The van der Waals surface area contributed by atoms with E-state index in [1.807, 2.05) is 32.0 Å². The number of thiazole rings is 1. The molecule has 0 aliphatic carbocycles. The maximum Gasteiger partial charge on any atom is 0.185 e. The predicted molar refractivity (Wildman–Crippen MR) is 87.6 cm³/mol. The van der Waals surface area contributed by atoms with Gasteiger partial charge in [0.2, 0.25) is 0 Å². The molecule has 0 N–H and O–H groups in total. The van der Waals surface area contributed by atoms with Gasteiger partial charge in [-0.1, -0.05) is 23.5 Å². The van der Waals surface area contributed by atoms with Gasteiger partial charge in [0.15, 0.2) is 11.0 Å². The second-order valence-electron chi connectivity index (χ2n) is 5.08. The zero-order valence-electron chi connectivity index (χ0n) is 12.5. The number of hydrogen-bond donors (Lipinski definition) is 0. The molecule has 0 radical (unpaired) electrons. The first-order chi connectivity index (χ1) is 10.5. The number of nitrogens with zero attached hydrogens (tertiary/aromatic N) is 4. The molecule has 0 amide bonds. The molecule has 4 nitrogen and oxygen atoms in total. The van der Waals surface area contributed by atoms with E-state index < -0.39 is 0 Å². The molecule has 0 spiro atoms. The number of aromatic nitrogens is 3. The van der Waals surface area contributed by atoms with E-state index >= 15 is 0 Å². The molecule has 0 saturated heterocycles. The molecular formula is C16H15FN4S. The standard InChI is InChI=1S/C16H15FN4S/c1-10-14(22-16(19-10)21(2)3)13-7-8-18-15(20-13)11-5-4-6-12(17)9-11/h4-9H,1-3H3. The minimum Gasteiger partial charge on any atom is -0.354 e. The van der Waals surface area contributed by atoms with Crippen molar-refractivity contribution in [3.05, 3.63) is 48.0 Å². The Morgan fingerprint density at radius 3 is 2.64 bits per heavy atom. The van der Waals surface area contributed by atoms with E-state index in [9.17, 15) is 4.39 Å². The van der Waals surface area contributed by atoms with Crippen LogP contribution in [-0.2, 0) is 0 Å². The van der Waals surface area contributed by atoms with E-state index in [1.54, 1.807) is 29.7 Å². The third-order valence-corrected chi connectivity index (χ3v) is 4.49. The molecule has 0 aliphatic heterocycles. The fraction of sp³-hybridized carbons (Fsp3) is 0.188. The minimum absolute atomic E-state index is 0.296. The highest BCUT2D eigenvalue weighted by Crippen LogP contribution is 2.33. The molecule has 0 unspecified atom stereocenters. The predicted octanol–water partition coefficient (Wildman–Crippen LogP) is 3.78. The highest BCUT2D eigenvalue weighted by Gasteiger charge is 2.13. The topological polar surface area (TPSA) is 41.9 Å². The maximum absolute atomic E-state index is 13.4. The van der Waals surface area contributed by atoms with Crippen LogP contribution in [0.5, 0.6) is 0 Å². The van der Waals surface area contributed by atoms with Gasteiger partial charge in [-0.3, -0.25) is 0 Å². The maximum atomic E-state index is 13.4. The van der Waals surface area contributed by atoms with E-state index in [1.165, 1.54) is 12.1 Å². The largest absolute Gasteiger partial charge is 0.354 e. The highest BCUT2D eigenvalue weighted by molar-refractivity contribution is 7.19. The molecule has 0 saturated carbocycles. The van der Waals surface area contributed by atoms with Crippen molar-refractivity contribution in [3.8, 4) is 22.0 Å². The van der Waals surface area contributed by atoms with Gasteiger partial charge in [-0.2, -0.15) is 0 Å². The highest BCUT2D eigenvalue weighted by atomic mass is 32.1. The van der Waals surface area contributed by atoms with E-state index in [0.29, 0.717) is 11.4 Å². The Labute approximate surface area is 132 Å². The lowest BCUT2D eigenvalue weighted by Gasteiger charge is -2.05. The van der Waals surface area contributed by atoms with Gasteiger partial charge in [0.1, 0.15) is 5.82 Å². The van der Waals surface area contributed by atoms with Crippen LogP contribution in [0.4, 0.5) is 9.52 Å². The van der Waals surface area contributed by atoms with Crippen molar-refractivity contribution in [1.82, 2.24) is 15.0 Å². The Kier molecular flexibility index (Phi) is 3.85. The summed E-state index contributed by atoms with van der Waals surface area (Å²) in [5.41, 5.74) is 2.40. The summed E-state index contributed by atoms with van der Waals surface area (Å²) in [6, 6.07) is 8.15. The zero-order chi connectivity index (χ0) is 15.7. The summed E-state index contributed by atoms with van der Waals surface area (Å²) in [6.07, 6.45) is 1.69. The fourth-order valence-corrected chi connectivity index (χ4v) is 3.02. The molecule has 2 heterocycles. The van der Waals surface area contributed by atoms with Crippen molar-refractivity contribution >= 4 is 16.5 Å². The summed E-state index contributed by atoms with van der Waals surface area (Å²) in [4.78, 5) is 16.3. The van der Waals surface area contributed by atoms with Crippen LogP contribution in [0.3, 0.4) is 0 Å². The Morgan fingerprint density at radius 1 is 1.14 bits per heavy atom. The minimum atomic E-state index is -0.296. The SMILES string of the molecule is Cc1nc(N(C)C)sc1-c1ccnc(-c2cccc(F)c2)n1. The summed E-state index contributed by atoms with van der Waals surface area (Å²) >= 11 is 1.58. The lowest BCUT2D eigenvalue weighted by Crippen LogP contribution is -2.07. The van der Waals surface area contributed by atoms with Gasteiger partial charge in [0.25, 0.3) is 0 Å². The van der Waals surface area contributed by atoms with Crippen LogP contribution < -0.4 is 4.90 Å². The molecule has 0 bridgehead atoms. The molecule has 112 valence electrons. The van der Waals surface area contributed by atoms with Gasteiger partial charge in [-0.05, 0) is 25.1 Å². The van der Waals surface area contributed by atoms with Gasteiger partial charge in [-0.15, -0.1) is 0 Å². The molecular weight excluding hydrogens is 299 g/mol. The Balaban J connectivity index is 2.05. The van der Waals surface area contributed by atoms with Gasteiger partial charge in [0.05, 0.1) is 16.3 Å². The Bertz CT molecular complexity index is 813. The van der Waals surface area contributed by atoms with Crippen molar-refractivity contribution < 1.29 is 4.39 Å². The quantitative estimate of drug-likeness (QED) is 0.738. The van der Waals surface area contributed by atoms with E-state index in [-0.39, 0.29) is 5.82 Å². The van der Waals surface area contributed by atoms with Crippen molar-refractivity contribution in [1.29, 1.82) is 0 Å². The molecule has 0 aliphatic rings. The number of benzene rings is 1. The molecule has 6 heteroatoms. The molecule has 3 aromatic rings. The summed E-state index contributed by atoms with van der Waals surface area (Å²) in [7, 11) is 3.92. The first kappa shape index (κ1) is 14.6. The average Bonchev–Trinajstić information content (AvgIpc) is 2.90. The lowest BCUT2D eigenvalue weighted by molar-refractivity contribution is 0.628. The van der Waals surface area contributed by atoms with Crippen LogP contribution in [0.15, 0.2) is 36.5 Å². The summed E-state index contributed by atoms with van der Waals surface area (Å²) in [5.74, 6) is 0.214. The van der Waals surface area contributed by atoms with Gasteiger partial charge in [-0.25, -0.2) is 19.3 Å². The lowest BCUT2D eigenvalue weighted by atomic mass is 10.2. The second-order valence-corrected chi connectivity index (χ2v) is 6.06. The van der Waals surface area contributed by atoms with E-state index in [0.717, 1.165) is 21.4 Å². The third kappa shape index (κ3) is 2.82. The summed E-state index contributed by atoms with van der Waals surface area (Å²) < 4.78 is 13.4. The van der Waals surface area contributed by atoms with E-state index in [4.69, 9.17) is 0 Å². The normalized spacial score (nSPS) is 10.7. The van der Waals surface area contributed by atoms with Gasteiger partial charge >= 0.3 is 0 Å². The van der Waals surface area contributed by atoms with Crippen molar-refractivity contribution in [2.24, 2.45) is 0 Å². The fourth-order valence-electron chi connectivity index (χ4n) is 2.06. The number of hydrogen-bond acceptors (Lipinski definition) is 5. The van der Waals surface area contributed by atoms with Gasteiger partial charge < -0.3 is 4.90 Å². The summed E-state index contributed by atoms with van der Waals surface area (Å²) in [5, 5.41) is 0.929. The number of aryl methyl sites for hydroxylation is 1. The van der Waals surface area contributed by atoms with Crippen LogP contribution in [0.25, 0.3) is 22.0 Å². The first-order valence-electron chi connectivity index (χ1n) is 6.78. The average molecular weight is 314 g/mol. The molecule has 2 aromatic heterocycles. The van der Waals surface area contributed by atoms with Gasteiger partial charge in [0, 0.05) is 25.9 Å². The van der Waals surface area contributed by atoms with Crippen LogP contribution >= 0.6 is 11.3 Å². The first-order valence-corrected chi connectivity index (χ1v) is 7.60. The van der Waals surface area contributed by atoms with E-state index in [2.05, 4.69) is 15.0 Å². The molecule has 1 aromatic carbocycles. The number of rotatable bonds is 3. The van der Waals surface area contributed by atoms with Crippen LogP contribution in [-0.4, -0.2) is 29.0 Å². The van der Waals surface area contributed by atoms with Crippen LogP contribution in [0, 0.1) is 12.7 Å². The number of anilines is 1. The molecule has 0 atom stereocenters. The summed E-state index contributed by atoms with van der Waals surface area (Å²) in [6.45, 7) is 1.96. The van der Waals surface area contributed by atoms with Crippen LogP contribution in [0.2, 0.25) is 0 Å².